The van der Waals surface area contributed by atoms with E-state index in [9.17, 15) is 13.2 Å². The molecule has 0 saturated carbocycles. The normalized spacial score (nSPS) is 12.6. The van der Waals surface area contributed by atoms with Crippen LogP contribution in [0.1, 0.15) is 21.6 Å². The molecule has 0 fully saturated rings. The number of carbonyl (C=O) groups excluding carboxylic acids is 1. The number of aromatic nitrogens is 1. The lowest BCUT2D eigenvalue weighted by Crippen LogP contribution is -2.14. The van der Waals surface area contributed by atoms with Gasteiger partial charge in [-0.2, -0.15) is 0 Å². The van der Waals surface area contributed by atoms with E-state index in [-0.39, 0.29) is 23.5 Å². The van der Waals surface area contributed by atoms with Crippen molar-refractivity contribution in [3.8, 4) is 11.5 Å². The predicted molar refractivity (Wildman–Crippen MR) is 104 cm³/mol. The van der Waals surface area contributed by atoms with Crippen LogP contribution in [0, 0.1) is 13.8 Å². The molecular weight excluding hydrogens is 398 g/mol. The van der Waals surface area contributed by atoms with Gasteiger partial charge in [0.05, 0.1) is 10.6 Å². The van der Waals surface area contributed by atoms with E-state index >= 15 is 0 Å². The third-order valence-corrected chi connectivity index (χ3v) is 5.79. The van der Waals surface area contributed by atoms with Gasteiger partial charge in [-0.05, 0) is 56.3 Å². The van der Waals surface area contributed by atoms with Gasteiger partial charge in [0.15, 0.2) is 11.5 Å². The molecule has 2 N–H and O–H groups in total. The molecule has 1 aromatic heterocycles. The van der Waals surface area contributed by atoms with Crippen LogP contribution >= 0.6 is 0 Å². The summed E-state index contributed by atoms with van der Waals surface area (Å²) in [5, 5.41) is 6.44. The fraction of sp³-hybridized carbons (Fsp3) is 0.158. The molecule has 4 rings (SSSR count). The molecular formula is C19H17N3O6S. The molecule has 0 radical (unpaired) electrons. The minimum atomic E-state index is -3.85. The molecule has 2 aromatic carbocycles. The first-order chi connectivity index (χ1) is 13.8. The number of rotatable bonds is 5. The third-order valence-electron chi connectivity index (χ3n) is 4.44. The predicted octanol–water partition coefficient (Wildman–Crippen LogP) is 3.07. The van der Waals surface area contributed by atoms with Crippen molar-refractivity contribution in [3.05, 3.63) is 59.3 Å². The fourth-order valence-corrected chi connectivity index (χ4v) is 3.70. The van der Waals surface area contributed by atoms with E-state index in [1.807, 2.05) is 0 Å². The summed E-state index contributed by atoms with van der Waals surface area (Å²) in [6.45, 7) is 3.55. The molecule has 3 aromatic rings. The Labute approximate surface area is 166 Å². The second kappa shape index (κ2) is 7.13. The molecule has 1 amide bonds. The average Bonchev–Trinajstić information content (AvgIpc) is 3.29. The van der Waals surface area contributed by atoms with Gasteiger partial charge in [-0.25, -0.2) is 13.1 Å². The number of anilines is 2. The highest BCUT2D eigenvalue weighted by molar-refractivity contribution is 7.92. The number of benzene rings is 2. The summed E-state index contributed by atoms with van der Waals surface area (Å²) in [6.07, 6.45) is 0. The number of aryl methyl sites for hydroxylation is 1. The van der Waals surface area contributed by atoms with E-state index in [0.29, 0.717) is 34.0 Å². The van der Waals surface area contributed by atoms with Crippen molar-refractivity contribution >= 4 is 27.5 Å². The number of ether oxygens (including phenoxy) is 2. The molecule has 10 heteroatoms. The zero-order valence-electron chi connectivity index (χ0n) is 15.6. The highest BCUT2D eigenvalue weighted by atomic mass is 32.2. The van der Waals surface area contributed by atoms with E-state index in [4.69, 9.17) is 14.0 Å². The molecule has 9 nitrogen and oxygen atoms in total. The molecule has 29 heavy (non-hydrogen) atoms. The summed E-state index contributed by atoms with van der Waals surface area (Å²) < 4.78 is 42.9. The smallest absolute Gasteiger partial charge is 0.264 e. The van der Waals surface area contributed by atoms with E-state index in [1.54, 1.807) is 32.0 Å². The molecule has 0 atom stereocenters. The Hall–Kier alpha value is -3.53. The van der Waals surface area contributed by atoms with Crippen molar-refractivity contribution in [2.45, 2.75) is 18.7 Å². The van der Waals surface area contributed by atoms with Gasteiger partial charge in [0.1, 0.15) is 0 Å². The second-order valence-electron chi connectivity index (χ2n) is 6.37. The van der Waals surface area contributed by atoms with Crippen LogP contribution in [0.4, 0.5) is 11.6 Å². The Morgan fingerprint density at radius 1 is 1.03 bits per heavy atom. The number of hydrogen-bond acceptors (Lipinski definition) is 7. The van der Waals surface area contributed by atoms with Gasteiger partial charge >= 0.3 is 0 Å². The minimum absolute atomic E-state index is 0.0204. The number of fused-ring (bicyclic) bond motifs is 1. The van der Waals surface area contributed by atoms with Crippen LogP contribution in [0.15, 0.2) is 51.9 Å². The van der Waals surface area contributed by atoms with Crippen LogP contribution in [0.5, 0.6) is 11.5 Å². The number of carbonyl (C=O) groups is 1. The number of hydrogen-bond donors (Lipinski definition) is 2. The SMILES string of the molecule is Cc1noc(NS(=O)(=O)c2ccc(NC(=O)c3ccc4c(c3)OCO4)cc2)c1C. The van der Waals surface area contributed by atoms with Gasteiger partial charge in [0, 0.05) is 16.8 Å². The lowest BCUT2D eigenvalue weighted by atomic mass is 10.2. The van der Waals surface area contributed by atoms with Gasteiger partial charge in [-0.15, -0.1) is 0 Å². The van der Waals surface area contributed by atoms with Crippen molar-refractivity contribution in [2.75, 3.05) is 16.8 Å². The summed E-state index contributed by atoms with van der Waals surface area (Å²) >= 11 is 0. The Kier molecular flexibility index (Phi) is 4.63. The molecule has 2 heterocycles. The zero-order chi connectivity index (χ0) is 20.6. The Bertz CT molecular complexity index is 1190. The topological polar surface area (TPSA) is 120 Å². The first-order valence-corrected chi connectivity index (χ1v) is 10.1. The Morgan fingerprint density at radius 3 is 2.45 bits per heavy atom. The van der Waals surface area contributed by atoms with E-state index < -0.39 is 10.0 Å². The fourth-order valence-electron chi connectivity index (χ4n) is 2.65. The highest BCUT2D eigenvalue weighted by Gasteiger charge is 2.20. The summed E-state index contributed by atoms with van der Waals surface area (Å²) in [5.74, 6) is 0.802. The Balaban J connectivity index is 1.47. The lowest BCUT2D eigenvalue weighted by Gasteiger charge is -2.08. The maximum Gasteiger partial charge on any atom is 0.264 e. The van der Waals surface area contributed by atoms with E-state index in [0.717, 1.165) is 0 Å². The van der Waals surface area contributed by atoms with Crippen LogP contribution in [0.25, 0.3) is 0 Å². The summed E-state index contributed by atoms with van der Waals surface area (Å²) in [5.41, 5.74) is 2.05. The van der Waals surface area contributed by atoms with Crippen molar-refractivity contribution in [1.29, 1.82) is 0 Å². The van der Waals surface area contributed by atoms with Crippen LogP contribution in [-0.2, 0) is 10.0 Å². The molecule has 0 bridgehead atoms. The molecule has 1 aliphatic heterocycles. The number of sulfonamides is 1. The number of nitrogens with one attached hydrogen (secondary N) is 2. The van der Waals surface area contributed by atoms with Gasteiger partial charge < -0.3 is 19.3 Å². The van der Waals surface area contributed by atoms with Gasteiger partial charge in [0.2, 0.25) is 12.7 Å². The second-order valence-corrected chi connectivity index (χ2v) is 8.06. The molecule has 0 aliphatic carbocycles. The first-order valence-electron chi connectivity index (χ1n) is 8.60. The average molecular weight is 415 g/mol. The van der Waals surface area contributed by atoms with Crippen LogP contribution < -0.4 is 19.5 Å². The zero-order valence-corrected chi connectivity index (χ0v) is 16.4. The van der Waals surface area contributed by atoms with Crippen LogP contribution in [-0.4, -0.2) is 26.3 Å². The largest absolute Gasteiger partial charge is 0.454 e. The molecule has 0 spiro atoms. The first kappa shape index (κ1) is 18.8. The number of amides is 1. The maximum absolute atomic E-state index is 12.5. The van der Waals surface area contributed by atoms with Crippen LogP contribution in [0.2, 0.25) is 0 Å². The van der Waals surface area contributed by atoms with Crippen molar-refractivity contribution < 1.29 is 27.2 Å². The quantitative estimate of drug-likeness (QED) is 0.657. The summed E-state index contributed by atoms with van der Waals surface area (Å²) in [7, 11) is -3.85. The summed E-state index contributed by atoms with van der Waals surface area (Å²) in [4.78, 5) is 12.4. The van der Waals surface area contributed by atoms with Gasteiger partial charge in [-0.3, -0.25) is 4.79 Å². The standard InChI is InChI=1S/C19H17N3O6S/c1-11-12(2)21-28-19(11)22-29(24,25)15-6-4-14(5-7-15)20-18(23)13-3-8-16-17(9-13)27-10-26-16/h3-9,22H,10H2,1-2H3,(H,20,23). The number of nitrogens with zero attached hydrogens (tertiary/aromatic N) is 1. The highest BCUT2D eigenvalue weighted by Crippen LogP contribution is 2.32. The monoisotopic (exact) mass is 415 g/mol. The lowest BCUT2D eigenvalue weighted by molar-refractivity contribution is 0.102. The van der Waals surface area contributed by atoms with Crippen molar-refractivity contribution in [1.82, 2.24) is 5.16 Å². The van der Waals surface area contributed by atoms with E-state index in [2.05, 4.69) is 15.2 Å². The molecule has 0 unspecified atom stereocenters. The van der Waals surface area contributed by atoms with Crippen molar-refractivity contribution in [2.24, 2.45) is 0 Å². The van der Waals surface area contributed by atoms with Gasteiger partial charge in [-0.1, -0.05) is 5.16 Å². The molecule has 1 aliphatic rings. The van der Waals surface area contributed by atoms with Crippen molar-refractivity contribution in [3.63, 3.8) is 0 Å². The summed E-state index contributed by atoms with van der Waals surface area (Å²) in [6, 6.07) is 10.6. The van der Waals surface area contributed by atoms with E-state index in [1.165, 1.54) is 24.3 Å². The van der Waals surface area contributed by atoms with Crippen LogP contribution in [0.3, 0.4) is 0 Å². The Morgan fingerprint density at radius 2 is 1.76 bits per heavy atom. The molecule has 150 valence electrons. The maximum atomic E-state index is 12.5. The van der Waals surface area contributed by atoms with Gasteiger partial charge in [0.25, 0.3) is 15.9 Å². The minimum Gasteiger partial charge on any atom is -0.454 e. The molecule has 0 saturated heterocycles. The third kappa shape index (κ3) is 3.74.